The van der Waals surface area contributed by atoms with Crippen molar-refractivity contribution >= 4 is 15.6 Å². The van der Waals surface area contributed by atoms with Crippen molar-refractivity contribution in [3.8, 4) is 0 Å². The lowest BCUT2D eigenvalue weighted by Gasteiger charge is -2.31. The second-order valence-corrected chi connectivity index (χ2v) is 13.3. The van der Waals surface area contributed by atoms with Crippen molar-refractivity contribution in [2.75, 3.05) is 6.61 Å². The van der Waals surface area contributed by atoms with Gasteiger partial charge in [0.2, 0.25) is 0 Å². The van der Waals surface area contributed by atoms with Crippen LogP contribution in [-0.4, -0.2) is 23.9 Å². The summed E-state index contributed by atoms with van der Waals surface area (Å²) in [7, 11) is -7.89. The summed E-state index contributed by atoms with van der Waals surface area (Å²) < 4.78 is 60.3. The Morgan fingerprint density at radius 3 is 1.50 bits per heavy atom. The predicted molar refractivity (Wildman–Crippen MR) is 140 cm³/mol. The van der Waals surface area contributed by atoms with Gasteiger partial charge >= 0.3 is 15.6 Å². The molecule has 0 N–H and O–H groups in total. The Labute approximate surface area is 215 Å². The molecule has 10 heteroatoms. The average molecular weight is 542 g/mol. The molecule has 0 aliphatic heterocycles. The molecule has 0 fully saturated rings. The highest BCUT2D eigenvalue weighted by atomic mass is 31.2. The zero-order valence-corrected chi connectivity index (χ0v) is 23.8. The van der Waals surface area contributed by atoms with Crippen LogP contribution < -0.4 is 0 Å². The zero-order chi connectivity index (χ0) is 26.9. The van der Waals surface area contributed by atoms with Crippen LogP contribution in [0.5, 0.6) is 0 Å². The van der Waals surface area contributed by atoms with Crippen LogP contribution in [0.15, 0.2) is 60.7 Å². The van der Waals surface area contributed by atoms with Crippen molar-refractivity contribution in [3.05, 3.63) is 78.7 Å². The summed E-state index contributed by atoms with van der Waals surface area (Å²) in [5.74, 6) is 0. The predicted octanol–water partition coefficient (Wildman–Crippen LogP) is 7.89. The standard InChI is InChI=1S/C26H39O8P2/c1-22(18-19-29-36(28,33-25(2,3)4)34-26(5,6)7)32-35(27,30-20-23-14-10-8-11-15-23)31-21-24-16-12-9-13-17-24/h8-17,22H,1,18-21H2,2-7H3. The van der Waals surface area contributed by atoms with Crippen molar-refractivity contribution < 1.29 is 36.3 Å². The third-order valence-corrected chi connectivity index (χ3v) is 7.69. The minimum absolute atomic E-state index is 0.0319. The minimum atomic E-state index is -4.00. The molecule has 2 rings (SSSR count). The van der Waals surface area contributed by atoms with Crippen molar-refractivity contribution in [3.63, 3.8) is 0 Å². The molecule has 0 spiro atoms. The number of phosphoric acid groups is 2. The van der Waals surface area contributed by atoms with E-state index < -0.39 is 33.0 Å². The van der Waals surface area contributed by atoms with Crippen molar-refractivity contribution in [2.24, 2.45) is 0 Å². The maximum absolute atomic E-state index is 13.5. The van der Waals surface area contributed by atoms with Crippen LogP contribution in [0.1, 0.15) is 59.1 Å². The van der Waals surface area contributed by atoms with Gasteiger partial charge in [-0.3, -0.25) is 27.1 Å². The fourth-order valence-corrected chi connectivity index (χ4v) is 5.92. The molecule has 0 amide bonds. The van der Waals surface area contributed by atoms with E-state index in [4.69, 9.17) is 27.1 Å². The monoisotopic (exact) mass is 541 g/mol. The SMILES string of the molecule is [CH2]C(CCOP(=O)(OC(C)(C)C)OC(C)(C)C)OP(=O)(OCc1ccccc1)OCc1ccccc1. The van der Waals surface area contributed by atoms with Crippen LogP contribution in [0.3, 0.4) is 0 Å². The van der Waals surface area contributed by atoms with Gasteiger partial charge in [-0.15, -0.1) is 0 Å². The molecule has 36 heavy (non-hydrogen) atoms. The number of rotatable bonds is 14. The van der Waals surface area contributed by atoms with Gasteiger partial charge in [0.25, 0.3) is 0 Å². The normalized spacial score (nSPS) is 14.1. The molecule has 1 radical (unpaired) electrons. The van der Waals surface area contributed by atoms with Crippen LogP contribution in [0.4, 0.5) is 0 Å². The third-order valence-electron chi connectivity index (χ3n) is 4.20. The fourth-order valence-electron chi connectivity index (χ4n) is 2.83. The molecule has 1 atom stereocenters. The van der Waals surface area contributed by atoms with Gasteiger partial charge in [-0.2, -0.15) is 0 Å². The van der Waals surface area contributed by atoms with E-state index >= 15 is 0 Å². The summed E-state index contributed by atoms with van der Waals surface area (Å²) in [6, 6.07) is 18.6. The van der Waals surface area contributed by atoms with Gasteiger partial charge in [-0.05, 0) is 66.0 Å². The lowest BCUT2D eigenvalue weighted by Crippen LogP contribution is -2.25. The summed E-state index contributed by atoms with van der Waals surface area (Å²) in [5, 5.41) is 0. The number of hydrogen-bond acceptors (Lipinski definition) is 8. The maximum Gasteiger partial charge on any atom is 0.475 e. The molecular weight excluding hydrogens is 502 g/mol. The molecule has 8 nitrogen and oxygen atoms in total. The molecule has 0 heterocycles. The second kappa shape index (κ2) is 13.5. The highest BCUT2D eigenvalue weighted by Crippen LogP contribution is 2.56. The topological polar surface area (TPSA) is 89.5 Å². The summed E-state index contributed by atoms with van der Waals surface area (Å²) >= 11 is 0. The van der Waals surface area contributed by atoms with E-state index in [-0.39, 0.29) is 26.2 Å². The first-order valence-corrected chi connectivity index (χ1v) is 14.7. The summed E-state index contributed by atoms with van der Waals surface area (Å²) in [6.45, 7) is 14.4. The molecule has 0 aliphatic carbocycles. The Morgan fingerprint density at radius 1 is 0.694 bits per heavy atom. The lowest BCUT2D eigenvalue weighted by molar-refractivity contribution is 0.000397. The number of phosphoric ester groups is 2. The number of hydrogen-bond donors (Lipinski definition) is 0. The van der Waals surface area contributed by atoms with Crippen LogP contribution in [0.2, 0.25) is 0 Å². The first kappa shape index (κ1) is 30.9. The first-order chi connectivity index (χ1) is 16.7. The van der Waals surface area contributed by atoms with E-state index in [0.717, 1.165) is 11.1 Å². The molecule has 2 aromatic carbocycles. The van der Waals surface area contributed by atoms with Gasteiger partial charge in [-0.25, -0.2) is 9.13 Å². The van der Waals surface area contributed by atoms with Gasteiger partial charge < -0.3 is 0 Å². The van der Waals surface area contributed by atoms with Crippen LogP contribution in [0.25, 0.3) is 0 Å². The van der Waals surface area contributed by atoms with E-state index in [9.17, 15) is 9.13 Å². The smallest absolute Gasteiger partial charge is 0.287 e. The largest absolute Gasteiger partial charge is 0.475 e. The fraction of sp³-hybridized carbons (Fsp3) is 0.500. The maximum atomic E-state index is 13.5. The zero-order valence-electron chi connectivity index (χ0n) is 22.0. The molecule has 2 aromatic rings. The van der Waals surface area contributed by atoms with Crippen LogP contribution in [-0.2, 0) is 49.5 Å². The Hall–Kier alpha value is -1.34. The van der Waals surface area contributed by atoms with Gasteiger partial charge in [-0.1, -0.05) is 60.7 Å². The van der Waals surface area contributed by atoms with E-state index in [0.29, 0.717) is 0 Å². The van der Waals surface area contributed by atoms with Crippen molar-refractivity contribution in [2.45, 2.75) is 78.5 Å². The Morgan fingerprint density at radius 2 is 1.11 bits per heavy atom. The summed E-state index contributed by atoms with van der Waals surface area (Å²) in [5.41, 5.74) is 0.113. The van der Waals surface area contributed by atoms with Crippen LogP contribution >= 0.6 is 15.6 Å². The Bertz CT molecular complexity index is 933. The van der Waals surface area contributed by atoms with E-state index in [2.05, 4.69) is 6.92 Å². The molecular formula is C26H39O8P2. The van der Waals surface area contributed by atoms with Crippen molar-refractivity contribution in [1.29, 1.82) is 0 Å². The molecule has 0 aromatic heterocycles. The molecule has 1 unspecified atom stereocenters. The van der Waals surface area contributed by atoms with Gasteiger partial charge in [0, 0.05) is 0 Å². The molecule has 0 bridgehead atoms. The molecule has 201 valence electrons. The number of benzene rings is 2. The summed E-state index contributed by atoms with van der Waals surface area (Å²) in [6.07, 6.45) is -0.710. The first-order valence-electron chi connectivity index (χ1n) is 11.8. The van der Waals surface area contributed by atoms with Crippen LogP contribution in [0, 0.1) is 6.92 Å². The highest BCUT2D eigenvalue weighted by molar-refractivity contribution is 7.48. The second-order valence-electron chi connectivity index (χ2n) is 10.2. The summed E-state index contributed by atoms with van der Waals surface area (Å²) in [4.78, 5) is 0. The lowest BCUT2D eigenvalue weighted by atomic mass is 10.2. The molecule has 0 saturated carbocycles. The third kappa shape index (κ3) is 12.8. The van der Waals surface area contributed by atoms with Gasteiger partial charge in [0.15, 0.2) is 0 Å². The quantitative estimate of drug-likeness (QED) is 0.223. The van der Waals surface area contributed by atoms with Gasteiger partial charge in [0.1, 0.15) is 0 Å². The Balaban J connectivity index is 2.02. The van der Waals surface area contributed by atoms with E-state index in [1.54, 1.807) is 41.5 Å². The van der Waals surface area contributed by atoms with E-state index in [1.807, 2.05) is 60.7 Å². The molecule has 0 saturated heterocycles. The Kier molecular flexibility index (Phi) is 11.5. The highest BCUT2D eigenvalue weighted by Gasteiger charge is 2.37. The van der Waals surface area contributed by atoms with Crippen molar-refractivity contribution in [1.82, 2.24) is 0 Å². The molecule has 0 aliphatic rings. The van der Waals surface area contributed by atoms with E-state index in [1.165, 1.54) is 0 Å². The van der Waals surface area contributed by atoms with Gasteiger partial charge in [0.05, 0.1) is 37.1 Å². The average Bonchev–Trinajstić information content (AvgIpc) is 2.75. The minimum Gasteiger partial charge on any atom is -0.287 e.